The van der Waals surface area contributed by atoms with E-state index in [2.05, 4.69) is 6.92 Å². The molecule has 0 aromatic rings. The highest BCUT2D eigenvalue weighted by Gasteiger charge is 2.43. The normalized spacial score (nSPS) is 27.6. The summed E-state index contributed by atoms with van der Waals surface area (Å²) in [5.41, 5.74) is 0.0293. The molecule has 3 nitrogen and oxygen atoms in total. The van der Waals surface area contributed by atoms with Crippen LogP contribution < -0.4 is 0 Å². The summed E-state index contributed by atoms with van der Waals surface area (Å²) in [6.45, 7) is 5.46. The number of carbonyl (C=O) groups is 1. The van der Waals surface area contributed by atoms with Crippen molar-refractivity contribution in [2.45, 2.75) is 76.9 Å². The van der Waals surface area contributed by atoms with Crippen LogP contribution in [0.4, 0.5) is 0 Å². The van der Waals surface area contributed by atoms with Gasteiger partial charge in [0.25, 0.3) is 0 Å². The SMILES string of the molecule is CCCC(OCC)C(=O)C1CCOC2(CCCC2)C1. The van der Waals surface area contributed by atoms with E-state index in [-0.39, 0.29) is 17.6 Å². The Hall–Kier alpha value is -0.410. The first-order chi connectivity index (χ1) is 9.21. The third kappa shape index (κ3) is 3.57. The maximum atomic E-state index is 12.6. The molecule has 19 heavy (non-hydrogen) atoms. The molecule has 0 bridgehead atoms. The molecule has 3 heteroatoms. The fourth-order valence-electron chi connectivity index (χ4n) is 3.67. The van der Waals surface area contributed by atoms with Gasteiger partial charge < -0.3 is 9.47 Å². The summed E-state index contributed by atoms with van der Waals surface area (Å²) < 4.78 is 11.7. The lowest BCUT2D eigenvalue weighted by Gasteiger charge is -2.38. The van der Waals surface area contributed by atoms with Gasteiger partial charge in [0.05, 0.1) is 5.60 Å². The zero-order valence-corrected chi connectivity index (χ0v) is 12.5. The Kier molecular flexibility index (Phi) is 5.40. The first-order valence-corrected chi connectivity index (χ1v) is 8.00. The van der Waals surface area contributed by atoms with Crippen molar-refractivity contribution < 1.29 is 14.3 Å². The lowest BCUT2D eigenvalue weighted by molar-refractivity contribution is -0.147. The molecule has 1 saturated heterocycles. The molecule has 110 valence electrons. The Morgan fingerprint density at radius 1 is 1.37 bits per heavy atom. The molecule has 2 fully saturated rings. The van der Waals surface area contributed by atoms with E-state index >= 15 is 0 Å². The van der Waals surface area contributed by atoms with Crippen LogP contribution in [0.5, 0.6) is 0 Å². The summed E-state index contributed by atoms with van der Waals surface area (Å²) in [6.07, 6.45) is 8.29. The second-order valence-corrected chi connectivity index (χ2v) is 6.06. The maximum Gasteiger partial charge on any atom is 0.164 e. The lowest BCUT2D eigenvalue weighted by atomic mass is 9.80. The minimum absolute atomic E-state index is 0.0293. The van der Waals surface area contributed by atoms with Crippen molar-refractivity contribution >= 4 is 5.78 Å². The number of ketones is 1. The molecule has 1 saturated carbocycles. The number of rotatable bonds is 6. The van der Waals surface area contributed by atoms with Gasteiger partial charge >= 0.3 is 0 Å². The molecular formula is C16H28O3. The van der Waals surface area contributed by atoms with Crippen molar-refractivity contribution in [3.63, 3.8) is 0 Å². The van der Waals surface area contributed by atoms with E-state index in [1.807, 2.05) is 6.92 Å². The van der Waals surface area contributed by atoms with Crippen LogP contribution in [0.3, 0.4) is 0 Å². The number of hydrogen-bond donors (Lipinski definition) is 0. The summed E-state index contributed by atoms with van der Waals surface area (Å²) in [4.78, 5) is 12.6. The Morgan fingerprint density at radius 3 is 2.74 bits per heavy atom. The van der Waals surface area contributed by atoms with Gasteiger partial charge in [0.2, 0.25) is 0 Å². The first kappa shape index (κ1) is 15.0. The van der Waals surface area contributed by atoms with E-state index in [4.69, 9.17) is 9.47 Å². The average Bonchev–Trinajstić information content (AvgIpc) is 2.86. The quantitative estimate of drug-likeness (QED) is 0.739. The van der Waals surface area contributed by atoms with Crippen LogP contribution in [0.2, 0.25) is 0 Å². The van der Waals surface area contributed by atoms with E-state index in [1.54, 1.807) is 0 Å². The van der Waals surface area contributed by atoms with E-state index < -0.39 is 0 Å². The van der Waals surface area contributed by atoms with Gasteiger partial charge in [-0.05, 0) is 39.0 Å². The molecule has 0 aromatic heterocycles. The van der Waals surface area contributed by atoms with Crippen molar-refractivity contribution in [1.29, 1.82) is 0 Å². The van der Waals surface area contributed by atoms with Crippen LogP contribution in [0.15, 0.2) is 0 Å². The molecule has 0 amide bonds. The Bertz CT molecular complexity index is 288. The zero-order valence-electron chi connectivity index (χ0n) is 12.5. The molecule has 0 N–H and O–H groups in total. The number of carbonyl (C=O) groups excluding carboxylic acids is 1. The molecule has 2 unspecified atom stereocenters. The van der Waals surface area contributed by atoms with Crippen molar-refractivity contribution in [2.75, 3.05) is 13.2 Å². The molecule has 1 heterocycles. The Balaban J connectivity index is 1.97. The Labute approximate surface area is 117 Å². The molecule has 2 aliphatic rings. The van der Waals surface area contributed by atoms with Gasteiger partial charge in [-0.3, -0.25) is 4.79 Å². The van der Waals surface area contributed by atoms with Crippen molar-refractivity contribution in [3.8, 4) is 0 Å². The second kappa shape index (κ2) is 6.85. The van der Waals surface area contributed by atoms with E-state index in [1.165, 1.54) is 12.8 Å². The van der Waals surface area contributed by atoms with Crippen LogP contribution in [0.25, 0.3) is 0 Å². The summed E-state index contributed by atoms with van der Waals surface area (Å²) in [7, 11) is 0. The summed E-state index contributed by atoms with van der Waals surface area (Å²) >= 11 is 0. The summed E-state index contributed by atoms with van der Waals surface area (Å²) in [6, 6.07) is 0. The van der Waals surface area contributed by atoms with E-state index in [0.717, 1.165) is 45.1 Å². The third-order valence-corrected chi connectivity index (χ3v) is 4.65. The van der Waals surface area contributed by atoms with Crippen molar-refractivity contribution in [2.24, 2.45) is 5.92 Å². The predicted molar refractivity (Wildman–Crippen MR) is 75.2 cm³/mol. The lowest BCUT2D eigenvalue weighted by Crippen LogP contribution is -2.43. The van der Waals surface area contributed by atoms with E-state index in [0.29, 0.717) is 12.4 Å². The molecular weight excluding hydrogens is 240 g/mol. The molecule has 0 radical (unpaired) electrons. The van der Waals surface area contributed by atoms with Crippen LogP contribution in [0.1, 0.15) is 65.2 Å². The molecule has 1 aliphatic heterocycles. The molecule has 2 rings (SSSR count). The Morgan fingerprint density at radius 2 is 2.11 bits per heavy atom. The van der Waals surface area contributed by atoms with Crippen molar-refractivity contribution in [1.82, 2.24) is 0 Å². The fourth-order valence-corrected chi connectivity index (χ4v) is 3.67. The number of hydrogen-bond acceptors (Lipinski definition) is 3. The third-order valence-electron chi connectivity index (χ3n) is 4.65. The molecule has 1 aliphatic carbocycles. The van der Waals surface area contributed by atoms with Crippen LogP contribution in [0, 0.1) is 5.92 Å². The second-order valence-electron chi connectivity index (χ2n) is 6.06. The van der Waals surface area contributed by atoms with Crippen LogP contribution >= 0.6 is 0 Å². The molecule has 1 spiro atoms. The smallest absolute Gasteiger partial charge is 0.164 e. The van der Waals surface area contributed by atoms with Gasteiger partial charge in [-0.15, -0.1) is 0 Å². The van der Waals surface area contributed by atoms with Gasteiger partial charge in [-0.25, -0.2) is 0 Å². The highest BCUT2D eigenvalue weighted by atomic mass is 16.5. The predicted octanol–water partition coefficient (Wildman–Crippen LogP) is 3.50. The van der Waals surface area contributed by atoms with E-state index in [9.17, 15) is 4.79 Å². The average molecular weight is 268 g/mol. The van der Waals surface area contributed by atoms with Crippen LogP contribution in [-0.4, -0.2) is 30.7 Å². The topological polar surface area (TPSA) is 35.5 Å². The summed E-state index contributed by atoms with van der Waals surface area (Å²) in [5, 5.41) is 0. The highest BCUT2D eigenvalue weighted by molar-refractivity contribution is 5.85. The van der Waals surface area contributed by atoms with Gasteiger partial charge in [0.1, 0.15) is 6.10 Å². The van der Waals surface area contributed by atoms with Gasteiger partial charge in [0, 0.05) is 19.1 Å². The largest absolute Gasteiger partial charge is 0.375 e. The highest BCUT2D eigenvalue weighted by Crippen LogP contribution is 2.42. The molecule has 0 aromatic carbocycles. The standard InChI is InChI=1S/C16H28O3/c1-3-7-14(18-4-2)15(17)13-8-11-19-16(12-13)9-5-6-10-16/h13-14H,3-12H2,1-2H3. The maximum absolute atomic E-state index is 12.6. The van der Waals surface area contributed by atoms with Gasteiger partial charge in [-0.2, -0.15) is 0 Å². The van der Waals surface area contributed by atoms with Crippen LogP contribution in [-0.2, 0) is 14.3 Å². The number of Topliss-reactive ketones (excluding diaryl/α,β-unsaturated/α-hetero) is 1. The summed E-state index contributed by atoms with van der Waals surface area (Å²) in [5.74, 6) is 0.494. The first-order valence-electron chi connectivity index (χ1n) is 8.00. The monoisotopic (exact) mass is 268 g/mol. The van der Waals surface area contributed by atoms with Gasteiger partial charge in [-0.1, -0.05) is 26.2 Å². The fraction of sp³-hybridized carbons (Fsp3) is 0.938. The zero-order chi connectivity index (χ0) is 13.7. The van der Waals surface area contributed by atoms with Crippen molar-refractivity contribution in [3.05, 3.63) is 0 Å². The van der Waals surface area contributed by atoms with Gasteiger partial charge in [0.15, 0.2) is 5.78 Å². The molecule has 2 atom stereocenters. The number of ether oxygens (including phenoxy) is 2. The minimum atomic E-state index is -0.184. The minimum Gasteiger partial charge on any atom is -0.375 e.